The number of thiocarbonyl (C=S) groups is 1. The van der Waals surface area contributed by atoms with Gasteiger partial charge >= 0.3 is 0 Å². The van der Waals surface area contributed by atoms with Gasteiger partial charge in [-0.05, 0) is 47.6 Å². The fraction of sp³-hybridized carbons (Fsp3) is 0.200. The lowest BCUT2D eigenvalue weighted by Gasteiger charge is -2.35. The average Bonchev–Trinajstić information content (AvgIpc) is 3.48. The molecule has 1 fully saturated rings. The van der Waals surface area contributed by atoms with Crippen LogP contribution >= 0.6 is 23.6 Å². The summed E-state index contributed by atoms with van der Waals surface area (Å²) in [4.78, 5) is 10.7. The zero-order valence-electron chi connectivity index (χ0n) is 25.4. The molecule has 0 spiro atoms. The summed E-state index contributed by atoms with van der Waals surface area (Å²) in [7, 11) is -3.55. The highest BCUT2D eigenvalue weighted by atomic mass is 32.2. The van der Waals surface area contributed by atoms with E-state index in [1.807, 2.05) is 78.9 Å². The van der Waals surface area contributed by atoms with E-state index >= 15 is 0 Å². The van der Waals surface area contributed by atoms with Gasteiger partial charge in [0.1, 0.15) is 5.75 Å². The van der Waals surface area contributed by atoms with Gasteiger partial charge in [-0.25, -0.2) is 13.4 Å². The summed E-state index contributed by atoms with van der Waals surface area (Å²) in [6.07, 6.45) is 1.80. The number of benzene rings is 4. The molecule has 0 radical (unpaired) electrons. The molecule has 2 heterocycles. The Balaban J connectivity index is 1.45. The van der Waals surface area contributed by atoms with Crippen LogP contribution in [0.1, 0.15) is 16.0 Å². The van der Waals surface area contributed by atoms with Crippen LogP contribution in [-0.4, -0.2) is 55.8 Å². The Bertz CT molecular complexity index is 1880. The summed E-state index contributed by atoms with van der Waals surface area (Å²) in [5.41, 5.74) is 4.26. The van der Waals surface area contributed by atoms with Gasteiger partial charge in [-0.15, -0.1) is 11.3 Å². The molecule has 11 heteroatoms. The van der Waals surface area contributed by atoms with E-state index < -0.39 is 10.0 Å². The first-order valence-corrected chi connectivity index (χ1v) is 18.1. The van der Waals surface area contributed by atoms with Crippen LogP contribution in [0, 0.1) is 0 Å². The lowest BCUT2D eigenvalue weighted by atomic mass is 10.1. The number of ether oxygens (including phenoxy) is 1. The van der Waals surface area contributed by atoms with E-state index in [4.69, 9.17) is 21.9 Å². The van der Waals surface area contributed by atoms with E-state index in [0.29, 0.717) is 30.2 Å². The minimum Gasteiger partial charge on any atom is -0.455 e. The van der Waals surface area contributed by atoms with Crippen LogP contribution < -0.4 is 19.7 Å². The smallest absolute Gasteiger partial charge is 0.229 e. The molecule has 0 unspecified atom stereocenters. The number of anilines is 2. The van der Waals surface area contributed by atoms with Crippen molar-refractivity contribution < 1.29 is 13.2 Å². The van der Waals surface area contributed by atoms with Crippen molar-refractivity contribution in [1.29, 1.82) is 0 Å². The third-order valence-corrected chi connectivity index (χ3v) is 9.60. The normalized spacial score (nSPS) is 13.3. The van der Waals surface area contributed by atoms with Crippen molar-refractivity contribution in [1.82, 2.24) is 15.2 Å². The lowest BCUT2D eigenvalue weighted by molar-refractivity contribution is 0.357. The summed E-state index contributed by atoms with van der Waals surface area (Å²) in [6, 6.07) is 35.4. The summed E-state index contributed by atoms with van der Waals surface area (Å²) in [5, 5.41) is 4.96. The van der Waals surface area contributed by atoms with Crippen molar-refractivity contribution in [3.05, 3.63) is 125 Å². The quantitative estimate of drug-likeness (QED) is 0.158. The van der Waals surface area contributed by atoms with Gasteiger partial charge < -0.3 is 15.0 Å². The zero-order chi connectivity index (χ0) is 31.9. The van der Waals surface area contributed by atoms with Crippen molar-refractivity contribution in [2.45, 2.75) is 13.0 Å². The molecule has 5 aromatic rings. The Labute approximate surface area is 279 Å². The van der Waals surface area contributed by atoms with E-state index in [9.17, 15) is 8.42 Å². The van der Waals surface area contributed by atoms with Crippen LogP contribution in [0.2, 0.25) is 0 Å². The van der Waals surface area contributed by atoms with E-state index in [2.05, 4.69) is 44.1 Å². The highest BCUT2D eigenvalue weighted by Gasteiger charge is 2.26. The Morgan fingerprint density at radius 2 is 1.57 bits per heavy atom. The average molecular weight is 670 g/mol. The Morgan fingerprint density at radius 1 is 0.935 bits per heavy atom. The van der Waals surface area contributed by atoms with Crippen molar-refractivity contribution in [2.24, 2.45) is 0 Å². The number of piperazine rings is 1. The maximum atomic E-state index is 12.2. The lowest BCUT2D eigenvalue weighted by Crippen LogP contribution is -2.51. The maximum absolute atomic E-state index is 12.2. The molecule has 0 atom stereocenters. The van der Waals surface area contributed by atoms with Crippen LogP contribution in [-0.2, 0) is 23.0 Å². The van der Waals surface area contributed by atoms with E-state index in [-0.39, 0.29) is 0 Å². The molecule has 6 rings (SSSR count). The molecule has 1 aliphatic rings. The minimum absolute atomic E-state index is 0.348. The van der Waals surface area contributed by atoms with Gasteiger partial charge in [0.2, 0.25) is 10.0 Å². The monoisotopic (exact) mass is 669 g/mol. The first kappa shape index (κ1) is 31.7. The number of nitrogens with zero attached hydrogens (tertiary/aromatic N) is 3. The number of sulfonamides is 1. The minimum atomic E-state index is -3.55. The molecule has 0 amide bonds. The third-order valence-electron chi connectivity index (χ3n) is 7.45. The molecule has 1 saturated heterocycles. The molecular formula is C35H35N5O3S3. The largest absolute Gasteiger partial charge is 0.455 e. The van der Waals surface area contributed by atoms with Gasteiger partial charge in [0, 0.05) is 43.0 Å². The summed E-state index contributed by atoms with van der Waals surface area (Å²) < 4.78 is 33.3. The van der Waals surface area contributed by atoms with Gasteiger partial charge in [0.25, 0.3) is 0 Å². The number of nitrogens with one attached hydrogen (secondary N) is 2. The van der Waals surface area contributed by atoms with E-state index in [1.54, 1.807) is 17.4 Å². The first-order chi connectivity index (χ1) is 22.3. The van der Waals surface area contributed by atoms with Crippen LogP contribution in [0.25, 0.3) is 11.3 Å². The van der Waals surface area contributed by atoms with E-state index in [0.717, 1.165) is 69.9 Å². The van der Waals surface area contributed by atoms with Crippen LogP contribution in [0.5, 0.6) is 11.5 Å². The van der Waals surface area contributed by atoms with Crippen molar-refractivity contribution in [2.75, 3.05) is 42.1 Å². The molecular weight excluding hydrogens is 635 g/mol. The number of rotatable bonds is 10. The molecule has 0 bridgehead atoms. The molecule has 46 heavy (non-hydrogen) atoms. The highest BCUT2D eigenvalue weighted by Crippen LogP contribution is 2.40. The Morgan fingerprint density at radius 3 is 2.22 bits per heavy atom. The zero-order valence-corrected chi connectivity index (χ0v) is 27.9. The third kappa shape index (κ3) is 8.10. The second-order valence-corrected chi connectivity index (χ2v) is 14.2. The van der Waals surface area contributed by atoms with E-state index in [1.165, 1.54) is 0 Å². The van der Waals surface area contributed by atoms with Gasteiger partial charge in [0.15, 0.2) is 16.0 Å². The van der Waals surface area contributed by atoms with Gasteiger partial charge in [-0.3, -0.25) is 9.62 Å². The van der Waals surface area contributed by atoms with Crippen LogP contribution in [0.3, 0.4) is 0 Å². The summed E-state index contributed by atoms with van der Waals surface area (Å²) >= 11 is 7.77. The van der Waals surface area contributed by atoms with Crippen molar-refractivity contribution in [3.8, 4) is 22.8 Å². The number of aromatic nitrogens is 1. The van der Waals surface area contributed by atoms with Crippen molar-refractivity contribution in [3.63, 3.8) is 0 Å². The molecule has 1 aliphatic heterocycles. The first-order valence-electron chi connectivity index (χ1n) is 15.0. The van der Waals surface area contributed by atoms with Gasteiger partial charge in [-0.1, -0.05) is 84.9 Å². The second-order valence-electron chi connectivity index (χ2n) is 11.0. The second kappa shape index (κ2) is 14.4. The van der Waals surface area contributed by atoms with Gasteiger partial charge in [0.05, 0.1) is 24.2 Å². The summed E-state index contributed by atoms with van der Waals surface area (Å²) in [6.45, 7) is 3.99. The molecule has 8 nitrogen and oxygen atoms in total. The topological polar surface area (TPSA) is 86.8 Å². The Kier molecular flexibility index (Phi) is 9.94. The molecule has 0 saturated carbocycles. The highest BCUT2D eigenvalue weighted by molar-refractivity contribution is 7.92. The molecule has 1 aromatic heterocycles. The predicted molar refractivity (Wildman–Crippen MR) is 191 cm³/mol. The number of hydrogen-bond donors (Lipinski definition) is 2. The van der Waals surface area contributed by atoms with Crippen LogP contribution in [0.15, 0.2) is 109 Å². The Hall–Kier alpha value is -4.29. The molecule has 4 aromatic carbocycles. The predicted octanol–water partition coefficient (Wildman–Crippen LogP) is 6.76. The number of hydrogen-bond acceptors (Lipinski definition) is 7. The fourth-order valence-corrected chi connectivity index (χ4v) is 7.32. The van der Waals surface area contributed by atoms with Crippen molar-refractivity contribution >= 4 is 49.5 Å². The molecule has 236 valence electrons. The number of thiazole rings is 1. The maximum Gasteiger partial charge on any atom is 0.229 e. The molecule has 2 N–H and O–H groups in total. The molecule has 0 aliphatic carbocycles. The fourth-order valence-electron chi connectivity index (χ4n) is 5.24. The SMILES string of the molecule is CS(=O)(=O)Nc1ccc(-c2nc(N(Cc3ccccc3)C(=S)N3CCNCC3)sc2Cc2ccccc2)cc1Oc1ccccc1. The van der Waals surface area contributed by atoms with Gasteiger partial charge in [-0.2, -0.15) is 0 Å². The standard InChI is InChI=1S/C35H35N5O3S3/c1-46(41,42)38-30-18-17-28(24-31(30)43-29-15-9-4-10-16-29)33-32(23-26-11-5-2-6-12-26)45-34(37-33)40(25-27-13-7-3-8-14-27)35(44)39-21-19-36-20-22-39/h2-18,24,36,38H,19-23,25H2,1H3. The number of para-hydroxylation sites is 1. The van der Waals surface area contributed by atoms with Crippen LogP contribution in [0.4, 0.5) is 10.8 Å². The summed E-state index contributed by atoms with van der Waals surface area (Å²) in [5.74, 6) is 0.974.